The van der Waals surface area contributed by atoms with Crippen molar-refractivity contribution < 1.29 is 23.9 Å². The Hall–Kier alpha value is -4.47. The number of hydrogen-bond acceptors (Lipinski definition) is 8. The standard InChI is InChI=1S/C31H42N8O5/c1-10-19-14-31(19,27(42)33-16-32)35-25(40)23-13-20(39-36-21-11-17(2)18(3)12-22(21)37-39)15-38(23)26(41)24(29(4,5)6)34-28(43)44-30(7,8)9/h10-12,19-20,23-24H,1,13-15H2,2-9H3,(H,33,42)(H,34,43)(H,35,40)/t19?,20-,23+,24+,31-/m1/s1. The molecule has 13 heteroatoms. The third-order valence-electron chi connectivity index (χ3n) is 8.20. The predicted molar refractivity (Wildman–Crippen MR) is 162 cm³/mol. The van der Waals surface area contributed by atoms with Crippen LogP contribution in [-0.2, 0) is 19.1 Å². The average Bonchev–Trinajstić information content (AvgIpc) is 3.22. The molecule has 13 nitrogen and oxygen atoms in total. The van der Waals surface area contributed by atoms with Gasteiger partial charge in [0.05, 0.1) is 6.04 Å². The van der Waals surface area contributed by atoms with Crippen LogP contribution in [0.4, 0.5) is 4.79 Å². The van der Waals surface area contributed by atoms with E-state index in [0.29, 0.717) is 11.0 Å². The molecular formula is C31H42N8O5. The van der Waals surface area contributed by atoms with Crippen LogP contribution in [0.25, 0.3) is 11.0 Å². The molecule has 0 bridgehead atoms. The number of rotatable bonds is 7. The molecule has 0 radical (unpaired) electrons. The number of aryl methyl sites for hydroxylation is 2. The van der Waals surface area contributed by atoms with Gasteiger partial charge in [-0.25, -0.2) is 4.79 Å². The highest BCUT2D eigenvalue weighted by molar-refractivity contribution is 5.99. The summed E-state index contributed by atoms with van der Waals surface area (Å²) in [6.07, 6.45) is 2.86. The minimum Gasteiger partial charge on any atom is -0.444 e. The molecule has 1 saturated carbocycles. The van der Waals surface area contributed by atoms with Gasteiger partial charge in [-0.3, -0.25) is 19.7 Å². The van der Waals surface area contributed by atoms with Crippen LogP contribution in [0.2, 0.25) is 0 Å². The Kier molecular flexibility index (Phi) is 8.52. The summed E-state index contributed by atoms with van der Waals surface area (Å²) in [7, 11) is 0. The van der Waals surface area contributed by atoms with Crippen LogP contribution in [-0.4, -0.2) is 73.5 Å². The highest BCUT2D eigenvalue weighted by atomic mass is 16.6. The monoisotopic (exact) mass is 606 g/mol. The van der Waals surface area contributed by atoms with Crippen molar-refractivity contribution in [3.8, 4) is 6.19 Å². The van der Waals surface area contributed by atoms with E-state index in [4.69, 9.17) is 10.00 Å². The van der Waals surface area contributed by atoms with E-state index in [1.165, 1.54) is 9.70 Å². The summed E-state index contributed by atoms with van der Waals surface area (Å²) in [5.74, 6) is -2.06. The molecule has 5 atom stereocenters. The first-order valence-electron chi connectivity index (χ1n) is 14.7. The van der Waals surface area contributed by atoms with Crippen LogP contribution in [0.15, 0.2) is 24.8 Å². The third-order valence-corrected chi connectivity index (χ3v) is 8.20. The molecular weight excluding hydrogens is 564 g/mol. The Labute approximate surface area is 257 Å². The second-order valence-electron chi connectivity index (χ2n) is 13.9. The predicted octanol–water partition coefficient (Wildman–Crippen LogP) is 2.79. The molecule has 2 heterocycles. The topological polar surface area (TPSA) is 171 Å². The van der Waals surface area contributed by atoms with Crippen molar-refractivity contribution in [3.63, 3.8) is 0 Å². The van der Waals surface area contributed by atoms with E-state index in [1.54, 1.807) is 33.0 Å². The Bertz CT molecular complexity index is 1510. The largest absolute Gasteiger partial charge is 0.444 e. The Morgan fingerprint density at radius 3 is 2.18 bits per heavy atom. The maximum Gasteiger partial charge on any atom is 0.408 e. The molecule has 0 spiro atoms. The summed E-state index contributed by atoms with van der Waals surface area (Å²) in [4.78, 5) is 56.8. The molecule has 1 aliphatic heterocycles. The molecule has 1 aromatic heterocycles. The molecule has 4 rings (SSSR count). The number of amides is 4. The van der Waals surface area contributed by atoms with Crippen LogP contribution < -0.4 is 16.0 Å². The fourth-order valence-corrected chi connectivity index (χ4v) is 5.56. The van der Waals surface area contributed by atoms with Crippen molar-refractivity contribution in [3.05, 3.63) is 35.9 Å². The summed E-state index contributed by atoms with van der Waals surface area (Å²) < 4.78 is 5.44. The third kappa shape index (κ3) is 6.54. The van der Waals surface area contributed by atoms with Gasteiger partial charge in [0.25, 0.3) is 5.91 Å². The number of hydrogen-bond donors (Lipinski definition) is 3. The van der Waals surface area contributed by atoms with E-state index < -0.39 is 58.5 Å². The number of ether oxygens (including phenoxy) is 1. The summed E-state index contributed by atoms with van der Waals surface area (Å²) in [6, 6.07) is 1.35. The van der Waals surface area contributed by atoms with Crippen LogP contribution in [0.3, 0.4) is 0 Å². The number of nitrogens with one attached hydrogen (secondary N) is 3. The van der Waals surface area contributed by atoms with Gasteiger partial charge in [0.1, 0.15) is 34.3 Å². The molecule has 2 aliphatic rings. The maximum atomic E-state index is 14.3. The zero-order valence-electron chi connectivity index (χ0n) is 26.6. The number of carbonyl (C=O) groups is 4. The first kappa shape index (κ1) is 32.4. The van der Waals surface area contributed by atoms with Gasteiger partial charge in [-0.05, 0) is 69.7 Å². The maximum absolute atomic E-state index is 14.3. The van der Waals surface area contributed by atoms with E-state index in [0.717, 1.165) is 11.1 Å². The summed E-state index contributed by atoms with van der Waals surface area (Å²) in [5, 5.41) is 26.0. The number of nitriles is 1. The highest BCUT2D eigenvalue weighted by Gasteiger charge is 2.61. The lowest BCUT2D eigenvalue weighted by Crippen LogP contribution is -2.60. The second kappa shape index (κ2) is 11.6. The van der Waals surface area contributed by atoms with Gasteiger partial charge in [-0.2, -0.15) is 20.3 Å². The molecule has 1 saturated heterocycles. The lowest BCUT2D eigenvalue weighted by Gasteiger charge is -2.36. The zero-order valence-corrected chi connectivity index (χ0v) is 26.6. The normalized spacial score (nSPS) is 23.8. The Balaban J connectivity index is 1.69. The molecule has 3 N–H and O–H groups in total. The van der Waals surface area contributed by atoms with E-state index in [-0.39, 0.29) is 25.3 Å². The SMILES string of the molecule is C=CC1C[C@]1(NC(=O)[C@@H]1C[C@@H](n2nc3cc(C)c(C)cc3n2)CN1C(=O)[C@H](NC(=O)OC(C)(C)C)C(C)(C)C)C(=O)NC#N. The molecule has 4 amide bonds. The minimum absolute atomic E-state index is 0.0841. The first-order chi connectivity index (χ1) is 20.4. The van der Waals surface area contributed by atoms with Crippen LogP contribution in [0.5, 0.6) is 0 Å². The minimum atomic E-state index is -1.34. The second-order valence-corrected chi connectivity index (χ2v) is 13.9. The van der Waals surface area contributed by atoms with Gasteiger partial charge in [-0.15, -0.1) is 6.58 Å². The van der Waals surface area contributed by atoms with E-state index in [2.05, 4.69) is 32.7 Å². The van der Waals surface area contributed by atoms with Crippen molar-refractivity contribution >= 4 is 34.8 Å². The van der Waals surface area contributed by atoms with E-state index in [1.807, 2.05) is 46.8 Å². The van der Waals surface area contributed by atoms with Gasteiger partial charge in [0.2, 0.25) is 11.8 Å². The number of fused-ring (bicyclic) bond motifs is 1. The van der Waals surface area contributed by atoms with Gasteiger partial charge < -0.3 is 20.3 Å². The van der Waals surface area contributed by atoms with Crippen molar-refractivity contribution in [1.29, 1.82) is 5.26 Å². The lowest BCUT2D eigenvalue weighted by molar-refractivity contribution is -0.143. The molecule has 44 heavy (non-hydrogen) atoms. The summed E-state index contributed by atoms with van der Waals surface area (Å²) >= 11 is 0. The molecule has 1 unspecified atom stereocenters. The van der Waals surface area contributed by atoms with Gasteiger partial charge in [0.15, 0.2) is 6.19 Å². The number of likely N-dealkylation sites (tertiary alicyclic amines) is 1. The smallest absolute Gasteiger partial charge is 0.408 e. The first-order valence-corrected chi connectivity index (χ1v) is 14.7. The summed E-state index contributed by atoms with van der Waals surface area (Å²) in [5.41, 5.74) is 0.633. The van der Waals surface area contributed by atoms with Gasteiger partial charge >= 0.3 is 6.09 Å². The molecule has 1 aliphatic carbocycles. The fourth-order valence-electron chi connectivity index (χ4n) is 5.56. The lowest BCUT2D eigenvalue weighted by atomic mass is 9.85. The number of benzene rings is 1. The van der Waals surface area contributed by atoms with Gasteiger partial charge in [-0.1, -0.05) is 26.8 Å². The number of nitrogens with zero attached hydrogens (tertiary/aromatic N) is 5. The van der Waals surface area contributed by atoms with Crippen molar-refractivity contribution in [2.24, 2.45) is 11.3 Å². The fraction of sp³-hybridized carbons (Fsp3) is 0.581. The number of alkyl carbamates (subject to hydrolysis) is 1. The van der Waals surface area contributed by atoms with Gasteiger partial charge in [0, 0.05) is 18.9 Å². The number of aromatic nitrogens is 3. The summed E-state index contributed by atoms with van der Waals surface area (Å²) in [6.45, 7) is 18.4. The molecule has 1 aromatic carbocycles. The van der Waals surface area contributed by atoms with Crippen molar-refractivity contribution in [2.45, 2.75) is 97.5 Å². The Morgan fingerprint density at radius 1 is 1.11 bits per heavy atom. The number of carbonyl (C=O) groups excluding carboxylic acids is 4. The Morgan fingerprint density at radius 2 is 1.70 bits per heavy atom. The van der Waals surface area contributed by atoms with Crippen molar-refractivity contribution in [1.82, 2.24) is 35.8 Å². The van der Waals surface area contributed by atoms with Crippen LogP contribution >= 0.6 is 0 Å². The van der Waals surface area contributed by atoms with E-state index >= 15 is 0 Å². The van der Waals surface area contributed by atoms with Crippen molar-refractivity contribution in [2.75, 3.05) is 6.54 Å². The van der Waals surface area contributed by atoms with Crippen LogP contribution in [0, 0.1) is 36.6 Å². The zero-order chi connectivity index (χ0) is 32.8. The quantitative estimate of drug-likeness (QED) is 0.245. The highest BCUT2D eigenvalue weighted by Crippen LogP contribution is 2.45. The average molecular weight is 607 g/mol. The van der Waals surface area contributed by atoms with Crippen LogP contribution in [0.1, 0.15) is 71.6 Å². The molecule has 2 aromatic rings. The molecule has 2 fully saturated rings. The van der Waals surface area contributed by atoms with E-state index in [9.17, 15) is 19.2 Å². The molecule has 236 valence electrons.